The quantitative estimate of drug-likeness (QED) is 0.788. The van der Waals surface area contributed by atoms with Crippen molar-refractivity contribution >= 4 is 11.3 Å². The Kier molecular flexibility index (Phi) is 3.01. The molecule has 1 saturated carbocycles. The van der Waals surface area contributed by atoms with Gasteiger partial charge in [0.15, 0.2) is 0 Å². The molecule has 13 heavy (non-hydrogen) atoms. The fourth-order valence-electron chi connectivity index (χ4n) is 2.40. The van der Waals surface area contributed by atoms with Crippen molar-refractivity contribution in [3.05, 3.63) is 22.4 Å². The third kappa shape index (κ3) is 2.12. The summed E-state index contributed by atoms with van der Waals surface area (Å²) in [6.07, 6.45) is 5.38. The average Bonchev–Trinajstić information content (AvgIpc) is 2.76. The van der Waals surface area contributed by atoms with E-state index in [0.717, 1.165) is 18.4 Å². The molecule has 0 radical (unpaired) electrons. The summed E-state index contributed by atoms with van der Waals surface area (Å²) in [4.78, 5) is 0. The van der Waals surface area contributed by atoms with E-state index in [4.69, 9.17) is 5.73 Å². The van der Waals surface area contributed by atoms with Crippen LogP contribution in [0.25, 0.3) is 0 Å². The molecule has 0 bridgehead atoms. The highest BCUT2D eigenvalue weighted by molar-refractivity contribution is 7.07. The molecule has 1 aliphatic rings. The maximum atomic E-state index is 5.76. The van der Waals surface area contributed by atoms with Crippen LogP contribution >= 0.6 is 11.3 Å². The van der Waals surface area contributed by atoms with Crippen molar-refractivity contribution in [2.75, 3.05) is 6.54 Å². The van der Waals surface area contributed by atoms with Gasteiger partial charge < -0.3 is 5.73 Å². The summed E-state index contributed by atoms with van der Waals surface area (Å²) in [7, 11) is 0. The molecule has 1 aromatic rings. The molecule has 2 heteroatoms. The van der Waals surface area contributed by atoms with E-state index >= 15 is 0 Å². The maximum absolute atomic E-state index is 5.76. The Hall–Kier alpha value is -0.340. The zero-order chi connectivity index (χ0) is 9.10. The second-order valence-electron chi connectivity index (χ2n) is 4.02. The molecule has 1 nitrogen and oxygen atoms in total. The molecule has 2 unspecified atom stereocenters. The first-order valence-corrected chi connectivity index (χ1v) is 6.05. The lowest BCUT2D eigenvalue weighted by molar-refractivity contribution is 0.394. The van der Waals surface area contributed by atoms with E-state index in [-0.39, 0.29) is 0 Å². The predicted octanol–water partition coefficient (Wildman–Crippen LogP) is 2.67. The first-order valence-electron chi connectivity index (χ1n) is 5.11. The molecule has 72 valence electrons. The third-order valence-corrected chi connectivity index (χ3v) is 3.93. The fourth-order valence-corrected chi connectivity index (χ4v) is 3.09. The standard InChI is InChI=1S/C11H17NS/c12-7-11-3-1-2-10(11)6-9-4-5-13-8-9/h4-5,8,10-11H,1-3,6-7,12H2. The summed E-state index contributed by atoms with van der Waals surface area (Å²) < 4.78 is 0. The Balaban J connectivity index is 1.94. The summed E-state index contributed by atoms with van der Waals surface area (Å²) in [6.45, 7) is 0.884. The lowest BCUT2D eigenvalue weighted by Crippen LogP contribution is -2.19. The van der Waals surface area contributed by atoms with Gasteiger partial charge in [0.05, 0.1) is 0 Å². The van der Waals surface area contributed by atoms with Crippen molar-refractivity contribution in [3.63, 3.8) is 0 Å². The third-order valence-electron chi connectivity index (χ3n) is 3.20. The van der Waals surface area contributed by atoms with Gasteiger partial charge in [0.1, 0.15) is 0 Å². The van der Waals surface area contributed by atoms with Crippen LogP contribution in [0, 0.1) is 11.8 Å². The van der Waals surface area contributed by atoms with Crippen molar-refractivity contribution in [2.24, 2.45) is 17.6 Å². The monoisotopic (exact) mass is 195 g/mol. The normalized spacial score (nSPS) is 28.1. The highest BCUT2D eigenvalue weighted by Gasteiger charge is 2.25. The molecule has 2 atom stereocenters. The molecular formula is C11H17NS. The minimum Gasteiger partial charge on any atom is -0.330 e. The van der Waals surface area contributed by atoms with Crippen molar-refractivity contribution in [1.82, 2.24) is 0 Å². The summed E-state index contributed by atoms with van der Waals surface area (Å²) >= 11 is 1.80. The fraction of sp³-hybridized carbons (Fsp3) is 0.636. The highest BCUT2D eigenvalue weighted by Crippen LogP contribution is 2.33. The topological polar surface area (TPSA) is 26.0 Å². The van der Waals surface area contributed by atoms with Crippen molar-refractivity contribution in [1.29, 1.82) is 0 Å². The van der Waals surface area contributed by atoms with Gasteiger partial charge in [-0.25, -0.2) is 0 Å². The molecule has 1 aliphatic carbocycles. The van der Waals surface area contributed by atoms with Gasteiger partial charge in [-0.2, -0.15) is 11.3 Å². The summed E-state index contributed by atoms with van der Waals surface area (Å²) in [5.74, 6) is 1.65. The van der Waals surface area contributed by atoms with Crippen LogP contribution in [0.2, 0.25) is 0 Å². The number of nitrogens with two attached hydrogens (primary N) is 1. The van der Waals surface area contributed by atoms with Gasteiger partial charge in [-0.1, -0.05) is 6.42 Å². The van der Waals surface area contributed by atoms with Gasteiger partial charge >= 0.3 is 0 Å². The summed E-state index contributed by atoms with van der Waals surface area (Å²) in [5, 5.41) is 4.44. The lowest BCUT2D eigenvalue weighted by atomic mass is 9.91. The minimum atomic E-state index is 0.792. The number of rotatable bonds is 3. The van der Waals surface area contributed by atoms with E-state index in [2.05, 4.69) is 16.8 Å². The van der Waals surface area contributed by atoms with Crippen LogP contribution in [-0.2, 0) is 6.42 Å². The molecule has 2 rings (SSSR count). The zero-order valence-electron chi connectivity index (χ0n) is 7.91. The minimum absolute atomic E-state index is 0.792. The largest absolute Gasteiger partial charge is 0.330 e. The SMILES string of the molecule is NCC1CCCC1Cc1ccsc1. The van der Waals surface area contributed by atoms with E-state index < -0.39 is 0 Å². The summed E-state index contributed by atoms with van der Waals surface area (Å²) in [6, 6.07) is 2.25. The van der Waals surface area contributed by atoms with Crippen LogP contribution in [0.4, 0.5) is 0 Å². The van der Waals surface area contributed by atoms with Crippen LogP contribution in [0.1, 0.15) is 24.8 Å². The van der Waals surface area contributed by atoms with E-state index in [1.807, 2.05) is 0 Å². The Morgan fingerprint density at radius 3 is 2.92 bits per heavy atom. The number of hydrogen-bond donors (Lipinski definition) is 1. The second-order valence-corrected chi connectivity index (χ2v) is 4.80. The van der Waals surface area contributed by atoms with Gasteiger partial charge in [0, 0.05) is 0 Å². The molecule has 1 aromatic heterocycles. The predicted molar refractivity (Wildman–Crippen MR) is 57.9 cm³/mol. The number of hydrogen-bond acceptors (Lipinski definition) is 2. The van der Waals surface area contributed by atoms with E-state index in [9.17, 15) is 0 Å². The van der Waals surface area contributed by atoms with E-state index in [1.54, 1.807) is 11.3 Å². The molecular weight excluding hydrogens is 178 g/mol. The Morgan fingerprint density at radius 1 is 1.38 bits per heavy atom. The van der Waals surface area contributed by atoms with Crippen LogP contribution in [0.5, 0.6) is 0 Å². The first kappa shape index (κ1) is 9.22. The van der Waals surface area contributed by atoms with Crippen molar-refractivity contribution in [2.45, 2.75) is 25.7 Å². The second kappa shape index (κ2) is 4.25. The molecule has 0 aromatic carbocycles. The molecule has 0 amide bonds. The van der Waals surface area contributed by atoms with Crippen LogP contribution in [-0.4, -0.2) is 6.54 Å². The maximum Gasteiger partial charge on any atom is -0.00461 e. The Morgan fingerprint density at radius 2 is 2.23 bits per heavy atom. The van der Waals surface area contributed by atoms with Gasteiger partial charge in [0.25, 0.3) is 0 Å². The first-order chi connectivity index (χ1) is 6.40. The van der Waals surface area contributed by atoms with Crippen LogP contribution < -0.4 is 5.73 Å². The van der Waals surface area contributed by atoms with Gasteiger partial charge in [-0.15, -0.1) is 0 Å². The molecule has 2 N–H and O–H groups in total. The van der Waals surface area contributed by atoms with E-state index in [0.29, 0.717) is 0 Å². The molecule has 0 spiro atoms. The molecule has 0 saturated heterocycles. The Labute approximate surface area is 84.0 Å². The van der Waals surface area contributed by atoms with E-state index in [1.165, 1.54) is 31.2 Å². The van der Waals surface area contributed by atoms with Gasteiger partial charge in [-0.05, 0) is 60.0 Å². The lowest BCUT2D eigenvalue weighted by Gasteiger charge is -2.16. The smallest absolute Gasteiger partial charge is 0.00461 e. The molecule has 1 fully saturated rings. The van der Waals surface area contributed by atoms with Crippen molar-refractivity contribution in [3.8, 4) is 0 Å². The Bertz CT molecular complexity index is 243. The van der Waals surface area contributed by atoms with Gasteiger partial charge in [0.2, 0.25) is 0 Å². The summed E-state index contributed by atoms with van der Waals surface area (Å²) in [5.41, 5.74) is 7.27. The van der Waals surface area contributed by atoms with Crippen LogP contribution in [0.3, 0.4) is 0 Å². The van der Waals surface area contributed by atoms with Crippen molar-refractivity contribution < 1.29 is 0 Å². The zero-order valence-corrected chi connectivity index (χ0v) is 8.72. The van der Waals surface area contributed by atoms with Crippen LogP contribution in [0.15, 0.2) is 16.8 Å². The molecule has 0 aliphatic heterocycles. The average molecular weight is 195 g/mol. The number of thiophene rings is 1. The van der Waals surface area contributed by atoms with Gasteiger partial charge in [-0.3, -0.25) is 0 Å². The highest BCUT2D eigenvalue weighted by atomic mass is 32.1. The molecule has 1 heterocycles.